The van der Waals surface area contributed by atoms with E-state index >= 15 is 0 Å². The van der Waals surface area contributed by atoms with Gasteiger partial charge >= 0.3 is 0 Å². The monoisotopic (exact) mass is 459 g/mol. The van der Waals surface area contributed by atoms with Gasteiger partial charge in [-0.1, -0.05) is 30.3 Å². The zero-order chi connectivity index (χ0) is 24.2. The number of hydrogen-bond acceptors (Lipinski definition) is 5. The van der Waals surface area contributed by atoms with Crippen LogP contribution in [0.15, 0.2) is 65.6 Å². The summed E-state index contributed by atoms with van der Waals surface area (Å²) in [6.45, 7) is 8.61. The highest BCUT2D eigenvalue weighted by Gasteiger charge is 2.20. The van der Waals surface area contributed by atoms with Crippen LogP contribution in [0.1, 0.15) is 44.1 Å². The quantitative estimate of drug-likeness (QED) is 0.403. The van der Waals surface area contributed by atoms with E-state index in [9.17, 15) is 9.59 Å². The van der Waals surface area contributed by atoms with Gasteiger partial charge in [0.25, 0.3) is 11.5 Å². The van der Waals surface area contributed by atoms with Crippen molar-refractivity contribution in [2.24, 2.45) is 0 Å². The molecule has 1 aromatic carbocycles. The second-order valence-electron chi connectivity index (χ2n) is 8.61. The van der Waals surface area contributed by atoms with Crippen molar-refractivity contribution in [2.45, 2.75) is 39.8 Å². The Labute approximate surface area is 198 Å². The van der Waals surface area contributed by atoms with Crippen LogP contribution in [-0.2, 0) is 4.74 Å². The molecular weight excluding hydrogens is 430 g/mol. The van der Waals surface area contributed by atoms with Crippen molar-refractivity contribution in [2.75, 3.05) is 13.2 Å². The first kappa shape index (κ1) is 23.4. The molecule has 3 heterocycles. The lowest BCUT2D eigenvalue weighted by atomic mass is 10.0. The lowest BCUT2D eigenvalue weighted by molar-refractivity contribution is 0.0746. The number of benzene rings is 1. The average molecular weight is 460 g/mol. The number of nitrogens with zero attached hydrogens (tertiary/aromatic N) is 4. The molecule has 0 bridgehead atoms. The minimum absolute atomic E-state index is 0.0936. The maximum Gasteiger partial charge on any atom is 0.267 e. The van der Waals surface area contributed by atoms with Crippen LogP contribution in [0.2, 0.25) is 0 Å². The molecule has 0 aliphatic carbocycles. The predicted molar refractivity (Wildman–Crippen MR) is 132 cm³/mol. The van der Waals surface area contributed by atoms with Crippen LogP contribution in [-0.4, -0.2) is 44.6 Å². The highest BCUT2D eigenvalue weighted by atomic mass is 16.5. The van der Waals surface area contributed by atoms with E-state index in [1.54, 1.807) is 28.9 Å². The average Bonchev–Trinajstić information content (AvgIpc) is 3.21. The molecule has 0 fully saturated rings. The summed E-state index contributed by atoms with van der Waals surface area (Å²) in [5, 5.41) is 12.3. The number of pyridine rings is 1. The second kappa shape index (κ2) is 10.0. The van der Waals surface area contributed by atoms with Crippen molar-refractivity contribution in [1.82, 2.24) is 24.7 Å². The van der Waals surface area contributed by atoms with Gasteiger partial charge in [0.1, 0.15) is 5.69 Å². The Morgan fingerprint density at radius 2 is 1.79 bits per heavy atom. The molecule has 4 rings (SSSR count). The fourth-order valence-electron chi connectivity index (χ4n) is 3.73. The molecule has 4 aromatic rings. The van der Waals surface area contributed by atoms with Crippen LogP contribution in [0.25, 0.3) is 28.0 Å². The molecule has 1 N–H and O–H groups in total. The van der Waals surface area contributed by atoms with E-state index in [0.717, 1.165) is 22.3 Å². The van der Waals surface area contributed by atoms with Gasteiger partial charge in [0.05, 0.1) is 35.5 Å². The number of carbonyl (C=O) groups excluding carboxylic acids is 1. The van der Waals surface area contributed by atoms with E-state index in [2.05, 4.69) is 10.4 Å². The molecular formula is C26H29N5O3. The van der Waals surface area contributed by atoms with Crippen molar-refractivity contribution < 1.29 is 9.53 Å². The summed E-state index contributed by atoms with van der Waals surface area (Å²) in [6, 6.07) is 16.5. The van der Waals surface area contributed by atoms with Gasteiger partial charge in [0, 0.05) is 29.9 Å². The largest absolute Gasteiger partial charge is 0.377 e. The van der Waals surface area contributed by atoms with Crippen molar-refractivity contribution in [3.05, 3.63) is 76.7 Å². The molecule has 0 atom stereocenters. The molecule has 0 saturated heterocycles. The molecule has 176 valence electrons. The van der Waals surface area contributed by atoms with E-state index in [1.165, 1.54) is 10.7 Å². The standard InChI is InChI=1S/C26H29N5O3/c1-17(2)31-23(32)11-10-21(28-31)24-22-16-20(26(33)27-13-15-34-18(3)4)12-14-30(22)29-25(24)19-8-6-5-7-9-19/h5-12,14,16-18H,13,15H2,1-4H3,(H,27,33). The van der Waals surface area contributed by atoms with Crippen molar-refractivity contribution >= 4 is 11.4 Å². The van der Waals surface area contributed by atoms with Crippen molar-refractivity contribution in [3.8, 4) is 22.5 Å². The number of hydrogen-bond donors (Lipinski definition) is 1. The Morgan fingerprint density at radius 1 is 1.03 bits per heavy atom. The van der Waals surface area contributed by atoms with Crippen LogP contribution >= 0.6 is 0 Å². The predicted octanol–water partition coefficient (Wildman–Crippen LogP) is 3.96. The van der Waals surface area contributed by atoms with Crippen LogP contribution in [0.3, 0.4) is 0 Å². The summed E-state index contributed by atoms with van der Waals surface area (Å²) in [4.78, 5) is 25.1. The van der Waals surface area contributed by atoms with Gasteiger partial charge in [-0.3, -0.25) is 9.59 Å². The van der Waals surface area contributed by atoms with Crippen molar-refractivity contribution in [3.63, 3.8) is 0 Å². The third kappa shape index (κ3) is 4.92. The number of ether oxygens (including phenoxy) is 1. The summed E-state index contributed by atoms with van der Waals surface area (Å²) in [6.07, 6.45) is 1.88. The Morgan fingerprint density at radius 3 is 2.50 bits per heavy atom. The van der Waals surface area contributed by atoms with E-state index in [-0.39, 0.29) is 23.6 Å². The smallest absolute Gasteiger partial charge is 0.267 e. The van der Waals surface area contributed by atoms with Gasteiger partial charge in [-0.2, -0.15) is 10.2 Å². The highest BCUT2D eigenvalue weighted by molar-refractivity contribution is 5.98. The van der Waals surface area contributed by atoms with Gasteiger partial charge < -0.3 is 10.1 Å². The Hall–Kier alpha value is -3.78. The number of fused-ring (bicyclic) bond motifs is 1. The van der Waals surface area contributed by atoms with Crippen LogP contribution in [0, 0.1) is 0 Å². The molecule has 0 aliphatic rings. The first-order valence-electron chi connectivity index (χ1n) is 11.4. The Bertz CT molecular complexity index is 1360. The van der Waals surface area contributed by atoms with Crippen LogP contribution < -0.4 is 10.9 Å². The van der Waals surface area contributed by atoms with E-state index < -0.39 is 0 Å². The lowest BCUT2D eigenvalue weighted by Crippen LogP contribution is -2.28. The molecule has 0 saturated carbocycles. The molecule has 34 heavy (non-hydrogen) atoms. The Kier molecular flexibility index (Phi) is 6.88. The SMILES string of the molecule is CC(C)OCCNC(=O)c1ccn2nc(-c3ccccc3)c(-c3ccc(=O)n(C(C)C)n3)c2c1. The Balaban J connectivity index is 1.81. The fraction of sp³-hybridized carbons (Fsp3) is 0.308. The molecule has 8 heteroatoms. The highest BCUT2D eigenvalue weighted by Crippen LogP contribution is 2.34. The normalized spacial score (nSPS) is 11.5. The summed E-state index contributed by atoms with van der Waals surface area (Å²) in [7, 11) is 0. The minimum Gasteiger partial charge on any atom is -0.377 e. The first-order chi connectivity index (χ1) is 16.3. The molecule has 8 nitrogen and oxygen atoms in total. The first-order valence-corrected chi connectivity index (χ1v) is 11.4. The summed E-state index contributed by atoms with van der Waals surface area (Å²) in [5.41, 5.74) is 4.09. The van der Waals surface area contributed by atoms with Crippen molar-refractivity contribution in [1.29, 1.82) is 0 Å². The molecule has 0 unspecified atom stereocenters. The molecule has 1 amide bonds. The number of aromatic nitrogens is 4. The summed E-state index contributed by atoms with van der Waals surface area (Å²) < 4.78 is 8.70. The number of nitrogens with one attached hydrogen (secondary N) is 1. The lowest BCUT2D eigenvalue weighted by Gasteiger charge is -2.11. The summed E-state index contributed by atoms with van der Waals surface area (Å²) >= 11 is 0. The van der Waals surface area contributed by atoms with Gasteiger partial charge in [0.15, 0.2) is 0 Å². The molecule has 0 spiro atoms. The van der Waals surface area contributed by atoms with E-state index in [1.807, 2.05) is 58.0 Å². The second-order valence-corrected chi connectivity index (χ2v) is 8.61. The van der Waals surface area contributed by atoms with Gasteiger partial charge in [-0.15, -0.1) is 0 Å². The van der Waals surface area contributed by atoms with Crippen LogP contribution in [0.4, 0.5) is 0 Å². The topological polar surface area (TPSA) is 90.5 Å². The van der Waals surface area contributed by atoms with E-state index in [4.69, 9.17) is 9.84 Å². The fourth-order valence-corrected chi connectivity index (χ4v) is 3.73. The van der Waals surface area contributed by atoms with Crippen LogP contribution in [0.5, 0.6) is 0 Å². The van der Waals surface area contributed by atoms with Gasteiger partial charge in [0.2, 0.25) is 0 Å². The minimum atomic E-state index is -0.191. The zero-order valence-corrected chi connectivity index (χ0v) is 19.9. The maximum atomic E-state index is 12.8. The number of rotatable bonds is 8. The van der Waals surface area contributed by atoms with Gasteiger partial charge in [-0.05, 0) is 45.9 Å². The van der Waals surface area contributed by atoms with E-state index in [0.29, 0.717) is 24.4 Å². The zero-order valence-electron chi connectivity index (χ0n) is 19.9. The number of amides is 1. The summed E-state index contributed by atoms with van der Waals surface area (Å²) in [5.74, 6) is -0.191. The molecule has 3 aromatic heterocycles. The van der Waals surface area contributed by atoms with Gasteiger partial charge in [-0.25, -0.2) is 9.20 Å². The number of carbonyl (C=O) groups is 1. The molecule has 0 aliphatic heterocycles. The third-order valence-electron chi connectivity index (χ3n) is 5.35. The third-order valence-corrected chi connectivity index (χ3v) is 5.35. The maximum absolute atomic E-state index is 12.8. The molecule has 0 radical (unpaired) electrons.